The number of hydrogen-bond acceptors (Lipinski definition) is 4. The second kappa shape index (κ2) is 7.26. The van der Waals surface area contributed by atoms with E-state index in [2.05, 4.69) is 43.3 Å². The molecule has 2 aromatic rings. The third-order valence-electron chi connectivity index (χ3n) is 7.53. The summed E-state index contributed by atoms with van der Waals surface area (Å²) in [5.41, 5.74) is 3.98. The van der Waals surface area contributed by atoms with Gasteiger partial charge >= 0.3 is 11.9 Å². The SMILES string of the molecule is CCCCC[C@H]1OC(=O)[C@@]2(CC3c4ccccc4C2c2ccccc23)[C@H]1C(=O)OC. The van der Waals surface area contributed by atoms with E-state index in [0.29, 0.717) is 12.8 Å². The van der Waals surface area contributed by atoms with E-state index < -0.39 is 17.4 Å². The molecule has 3 atom stereocenters. The highest BCUT2D eigenvalue weighted by Crippen LogP contribution is 2.66. The topological polar surface area (TPSA) is 52.6 Å². The van der Waals surface area contributed by atoms with Crippen LogP contribution in [0.5, 0.6) is 0 Å². The number of unbranched alkanes of at least 4 members (excludes halogenated alkanes) is 2. The molecule has 2 aromatic carbocycles. The highest BCUT2D eigenvalue weighted by Gasteiger charge is 2.69. The maximum absolute atomic E-state index is 13.6. The first-order valence-electron chi connectivity index (χ1n) is 11.1. The van der Waals surface area contributed by atoms with Crippen molar-refractivity contribution in [3.8, 4) is 0 Å². The van der Waals surface area contributed by atoms with Crippen LogP contribution in [-0.2, 0) is 19.1 Å². The number of rotatable bonds is 5. The highest BCUT2D eigenvalue weighted by atomic mass is 16.6. The highest BCUT2D eigenvalue weighted by molar-refractivity contribution is 5.92. The minimum absolute atomic E-state index is 0.0940. The summed E-state index contributed by atoms with van der Waals surface area (Å²) in [5, 5.41) is 0. The molecule has 0 aromatic heterocycles. The number of cyclic esters (lactones) is 1. The molecule has 4 heteroatoms. The van der Waals surface area contributed by atoms with Gasteiger partial charge in [0, 0.05) is 11.8 Å². The summed E-state index contributed by atoms with van der Waals surface area (Å²) in [6.07, 6.45) is 4.00. The zero-order valence-corrected chi connectivity index (χ0v) is 17.6. The standard InChI is InChI=1S/C26H28O4/c1-3-4-5-14-21-23(24(27)29-2)26(25(28)30-21)15-20-16-10-6-8-12-18(16)22(26)19-13-9-7-11-17(19)20/h6-13,20-23H,3-5,14-15H2,1-2H3/t20?,21-,22?,23-,26-/m1/s1. The monoisotopic (exact) mass is 404 g/mol. The van der Waals surface area contributed by atoms with E-state index in [1.165, 1.54) is 18.2 Å². The van der Waals surface area contributed by atoms with E-state index in [1.807, 2.05) is 12.1 Å². The average Bonchev–Trinajstić information content (AvgIpc) is 3.04. The predicted octanol–water partition coefficient (Wildman–Crippen LogP) is 4.95. The van der Waals surface area contributed by atoms with Crippen LogP contribution in [0.15, 0.2) is 48.5 Å². The molecule has 1 aliphatic heterocycles. The van der Waals surface area contributed by atoms with Gasteiger partial charge < -0.3 is 9.47 Å². The zero-order chi connectivity index (χ0) is 20.9. The Kier molecular flexibility index (Phi) is 4.68. The van der Waals surface area contributed by atoms with Gasteiger partial charge in [0.2, 0.25) is 0 Å². The van der Waals surface area contributed by atoms with Gasteiger partial charge in [0.1, 0.15) is 12.0 Å². The molecular weight excluding hydrogens is 376 g/mol. The Hall–Kier alpha value is -2.62. The number of benzene rings is 2. The number of ether oxygens (including phenoxy) is 2. The van der Waals surface area contributed by atoms with Gasteiger partial charge in [-0.1, -0.05) is 68.3 Å². The van der Waals surface area contributed by atoms with Crippen molar-refractivity contribution in [1.29, 1.82) is 0 Å². The van der Waals surface area contributed by atoms with Crippen LogP contribution in [0.4, 0.5) is 0 Å². The Morgan fingerprint density at radius 3 is 2.20 bits per heavy atom. The molecule has 1 saturated heterocycles. The first-order valence-corrected chi connectivity index (χ1v) is 11.1. The molecule has 156 valence electrons. The Labute approximate surface area is 177 Å². The van der Waals surface area contributed by atoms with Crippen LogP contribution in [0.1, 0.15) is 73.1 Å². The lowest BCUT2D eigenvalue weighted by Gasteiger charge is -2.51. The fourth-order valence-electron chi connectivity index (χ4n) is 6.34. The molecule has 0 N–H and O–H groups in total. The van der Waals surface area contributed by atoms with Crippen LogP contribution >= 0.6 is 0 Å². The lowest BCUT2D eigenvalue weighted by atomic mass is 9.48. The predicted molar refractivity (Wildman–Crippen MR) is 113 cm³/mol. The summed E-state index contributed by atoms with van der Waals surface area (Å²) >= 11 is 0. The molecule has 0 unspecified atom stereocenters. The summed E-state index contributed by atoms with van der Waals surface area (Å²) < 4.78 is 11.2. The van der Waals surface area contributed by atoms with Crippen molar-refractivity contribution in [3.63, 3.8) is 0 Å². The van der Waals surface area contributed by atoms with E-state index in [0.717, 1.165) is 30.4 Å². The van der Waals surface area contributed by atoms with Crippen molar-refractivity contribution in [1.82, 2.24) is 0 Å². The molecule has 0 radical (unpaired) electrons. The van der Waals surface area contributed by atoms with Gasteiger partial charge in [0.25, 0.3) is 0 Å². The fourth-order valence-corrected chi connectivity index (χ4v) is 6.34. The minimum atomic E-state index is -0.892. The average molecular weight is 405 g/mol. The normalized spacial score (nSPS) is 30.7. The van der Waals surface area contributed by atoms with Gasteiger partial charge in [-0.15, -0.1) is 0 Å². The number of carbonyl (C=O) groups is 2. The van der Waals surface area contributed by atoms with Gasteiger partial charge in [-0.25, -0.2) is 0 Å². The van der Waals surface area contributed by atoms with Crippen molar-refractivity contribution in [2.45, 2.75) is 57.0 Å². The summed E-state index contributed by atoms with van der Waals surface area (Å²) in [4.78, 5) is 26.7. The van der Waals surface area contributed by atoms with Gasteiger partial charge in [-0.2, -0.15) is 0 Å². The zero-order valence-electron chi connectivity index (χ0n) is 17.6. The summed E-state index contributed by atoms with van der Waals surface area (Å²) in [5.74, 6) is -1.19. The molecule has 1 spiro atoms. The Balaban J connectivity index is 1.68. The molecule has 0 amide bonds. The quantitative estimate of drug-likeness (QED) is 0.523. The Morgan fingerprint density at radius 2 is 1.63 bits per heavy atom. The van der Waals surface area contributed by atoms with E-state index in [9.17, 15) is 9.59 Å². The Morgan fingerprint density at radius 1 is 1.03 bits per heavy atom. The molecule has 4 aliphatic rings. The molecule has 6 rings (SSSR count). The van der Waals surface area contributed by atoms with Crippen LogP contribution in [0, 0.1) is 11.3 Å². The van der Waals surface area contributed by atoms with Crippen LogP contribution in [0.25, 0.3) is 0 Å². The maximum atomic E-state index is 13.6. The second-order valence-corrected chi connectivity index (χ2v) is 8.93. The van der Waals surface area contributed by atoms with Gasteiger partial charge in [0.15, 0.2) is 0 Å². The first-order chi connectivity index (χ1) is 14.6. The third-order valence-corrected chi connectivity index (χ3v) is 7.53. The Bertz CT molecular complexity index is 949. The van der Waals surface area contributed by atoms with Crippen LogP contribution in [-0.4, -0.2) is 25.2 Å². The molecule has 0 saturated carbocycles. The molecular formula is C26H28O4. The molecule has 4 nitrogen and oxygen atoms in total. The molecule has 30 heavy (non-hydrogen) atoms. The van der Waals surface area contributed by atoms with Crippen molar-refractivity contribution in [2.75, 3.05) is 7.11 Å². The minimum Gasteiger partial charge on any atom is -0.469 e. The number of methoxy groups -OCH3 is 1. The molecule has 3 aliphatic carbocycles. The van der Waals surface area contributed by atoms with Crippen molar-refractivity contribution in [3.05, 3.63) is 70.8 Å². The van der Waals surface area contributed by atoms with Gasteiger partial charge in [0.05, 0.1) is 12.5 Å². The molecule has 1 heterocycles. The van der Waals surface area contributed by atoms with Gasteiger partial charge in [-0.05, 0) is 41.5 Å². The van der Waals surface area contributed by atoms with Crippen LogP contribution in [0.2, 0.25) is 0 Å². The van der Waals surface area contributed by atoms with Crippen LogP contribution in [0.3, 0.4) is 0 Å². The first kappa shape index (κ1) is 19.3. The van der Waals surface area contributed by atoms with Crippen molar-refractivity contribution in [2.24, 2.45) is 11.3 Å². The summed E-state index contributed by atoms with van der Waals surface area (Å²) in [7, 11) is 1.42. The van der Waals surface area contributed by atoms with E-state index in [-0.39, 0.29) is 23.8 Å². The number of hydrogen-bond donors (Lipinski definition) is 0. The largest absolute Gasteiger partial charge is 0.469 e. The number of esters is 2. The lowest BCUT2D eigenvalue weighted by molar-refractivity contribution is -0.155. The lowest BCUT2D eigenvalue weighted by Crippen LogP contribution is -2.51. The van der Waals surface area contributed by atoms with Gasteiger partial charge in [-0.3, -0.25) is 9.59 Å². The summed E-state index contributed by atoms with van der Waals surface area (Å²) in [6.45, 7) is 2.15. The van der Waals surface area contributed by atoms with Crippen molar-refractivity contribution >= 4 is 11.9 Å². The van der Waals surface area contributed by atoms with E-state index >= 15 is 0 Å². The maximum Gasteiger partial charge on any atom is 0.314 e. The van der Waals surface area contributed by atoms with Crippen LogP contribution < -0.4 is 0 Å². The van der Waals surface area contributed by atoms with Crippen molar-refractivity contribution < 1.29 is 19.1 Å². The second-order valence-electron chi connectivity index (χ2n) is 8.93. The third kappa shape index (κ3) is 2.52. The molecule has 1 fully saturated rings. The number of carbonyl (C=O) groups excluding carboxylic acids is 2. The summed E-state index contributed by atoms with van der Waals surface area (Å²) in [6, 6.07) is 16.8. The van der Waals surface area contributed by atoms with E-state index in [1.54, 1.807) is 0 Å². The van der Waals surface area contributed by atoms with E-state index in [4.69, 9.17) is 9.47 Å². The fraction of sp³-hybridized carbons (Fsp3) is 0.462. The smallest absolute Gasteiger partial charge is 0.314 e. The molecule has 2 bridgehead atoms.